The Labute approximate surface area is 161 Å². The lowest BCUT2D eigenvalue weighted by atomic mass is 10.1. The van der Waals surface area contributed by atoms with Gasteiger partial charge in [0.2, 0.25) is 0 Å². The predicted molar refractivity (Wildman–Crippen MR) is 107 cm³/mol. The van der Waals surface area contributed by atoms with Gasteiger partial charge >= 0.3 is 6.03 Å². The molecule has 5 heteroatoms. The first kappa shape index (κ1) is 19.4. The molecule has 0 unspecified atom stereocenters. The van der Waals surface area contributed by atoms with Crippen molar-refractivity contribution in [2.75, 3.05) is 13.2 Å². The van der Waals surface area contributed by atoms with Gasteiger partial charge in [-0.3, -0.25) is 4.98 Å². The Morgan fingerprint density at radius 3 is 2.85 bits per heavy atom. The van der Waals surface area contributed by atoms with Crippen LogP contribution in [0.1, 0.15) is 40.8 Å². The number of aromatic nitrogens is 1. The zero-order valence-electron chi connectivity index (χ0n) is 16.5. The zero-order chi connectivity index (χ0) is 19.2. The minimum Gasteiger partial charge on any atom is -0.376 e. The molecule has 0 aliphatic carbocycles. The molecule has 27 heavy (non-hydrogen) atoms. The van der Waals surface area contributed by atoms with Crippen LogP contribution in [0.25, 0.3) is 0 Å². The molecule has 2 aromatic rings. The zero-order valence-corrected chi connectivity index (χ0v) is 16.5. The van der Waals surface area contributed by atoms with Crippen molar-refractivity contribution in [3.63, 3.8) is 0 Å². The van der Waals surface area contributed by atoms with E-state index in [1.807, 2.05) is 37.1 Å². The molecule has 3 rings (SSSR count). The third kappa shape index (κ3) is 5.54. The SMILES string of the molecule is Cc1cccc(CN(C[C@H]2CCCO2)C(=O)NCc2cnc(C)cc2C)c1. The maximum absolute atomic E-state index is 12.9. The molecule has 0 bridgehead atoms. The van der Waals surface area contributed by atoms with Crippen LogP contribution in [0.5, 0.6) is 0 Å². The number of amides is 2. The van der Waals surface area contributed by atoms with Gasteiger partial charge in [0.1, 0.15) is 0 Å². The van der Waals surface area contributed by atoms with E-state index < -0.39 is 0 Å². The van der Waals surface area contributed by atoms with E-state index in [9.17, 15) is 4.79 Å². The van der Waals surface area contributed by atoms with Crippen molar-refractivity contribution in [3.05, 3.63) is 64.5 Å². The van der Waals surface area contributed by atoms with E-state index in [4.69, 9.17) is 4.74 Å². The van der Waals surface area contributed by atoms with Gasteiger partial charge in [-0.1, -0.05) is 29.8 Å². The lowest BCUT2D eigenvalue weighted by Gasteiger charge is -2.26. The predicted octanol–water partition coefficient (Wildman–Crippen LogP) is 3.90. The fraction of sp³-hybridized carbons (Fsp3) is 0.455. The van der Waals surface area contributed by atoms with E-state index in [1.165, 1.54) is 5.56 Å². The smallest absolute Gasteiger partial charge is 0.318 e. The van der Waals surface area contributed by atoms with Crippen molar-refractivity contribution in [2.45, 2.75) is 52.8 Å². The summed E-state index contributed by atoms with van der Waals surface area (Å²) in [4.78, 5) is 19.1. The summed E-state index contributed by atoms with van der Waals surface area (Å²) in [5.74, 6) is 0. The molecule has 0 radical (unpaired) electrons. The van der Waals surface area contributed by atoms with Gasteiger partial charge in [-0.25, -0.2) is 4.79 Å². The van der Waals surface area contributed by atoms with Crippen molar-refractivity contribution in [2.24, 2.45) is 0 Å². The van der Waals surface area contributed by atoms with Crippen LogP contribution in [0.15, 0.2) is 36.5 Å². The molecule has 1 aliphatic rings. The second kappa shape index (κ2) is 9.00. The highest BCUT2D eigenvalue weighted by Gasteiger charge is 2.23. The standard InChI is InChI=1S/C22H29N3O2/c1-16-6-4-7-19(10-16)14-25(15-21-8-5-9-27-21)22(26)24-13-20-12-23-18(3)11-17(20)2/h4,6-7,10-12,21H,5,8-9,13-15H2,1-3H3,(H,24,26)/t21-/m1/s1. The number of rotatable bonds is 6. The van der Waals surface area contributed by atoms with Gasteiger partial charge in [-0.15, -0.1) is 0 Å². The summed E-state index contributed by atoms with van der Waals surface area (Å²) in [5, 5.41) is 3.06. The summed E-state index contributed by atoms with van der Waals surface area (Å²) in [6.45, 7) is 8.56. The van der Waals surface area contributed by atoms with E-state index in [0.29, 0.717) is 19.6 Å². The highest BCUT2D eigenvalue weighted by atomic mass is 16.5. The molecule has 5 nitrogen and oxygen atoms in total. The monoisotopic (exact) mass is 367 g/mol. The Morgan fingerprint density at radius 2 is 2.15 bits per heavy atom. The number of hydrogen-bond donors (Lipinski definition) is 1. The summed E-state index contributed by atoms with van der Waals surface area (Å²) in [7, 11) is 0. The maximum Gasteiger partial charge on any atom is 0.318 e. The largest absolute Gasteiger partial charge is 0.376 e. The van der Waals surface area contributed by atoms with Crippen LogP contribution < -0.4 is 5.32 Å². The van der Waals surface area contributed by atoms with Crippen molar-refractivity contribution < 1.29 is 9.53 Å². The van der Waals surface area contributed by atoms with E-state index in [-0.39, 0.29) is 12.1 Å². The first-order chi connectivity index (χ1) is 13.0. The molecule has 2 amide bonds. The normalized spacial score (nSPS) is 16.3. The second-order valence-electron chi connectivity index (χ2n) is 7.42. The Balaban J connectivity index is 1.67. The van der Waals surface area contributed by atoms with Crippen molar-refractivity contribution in [1.29, 1.82) is 0 Å². The molecular formula is C22H29N3O2. The van der Waals surface area contributed by atoms with Crippen LogP contribution in [0, 0.1) is 20.8 Å². The number of pyridine rings is 1. The first-order valence-electron chi connectivity index (χ1n) is 9.63. The molecule has 1 fully saturated rings. The average Bonchev–Trinajstić information content (AvgIpc) is 3.13. The van der Waals surface area contributed by atoms with Crippen molar-refractivity contribution in [1.82, 2.24) is 15.2 Å². The Hall–Kier alpha value is -2.40. The van der Waals surface area contributed by atoms with Crippen LogP contribution >= 0.6 is 0 Å². The number of benzene rings is 1. The van der Waals surface area contributed by atoms with Gasteiger partial charge in [0.15, 0.2) is 0 Å². The van der Waals surface area contributed by atoms with E-state index in [0.717, 1.165) is 41.8 Å². The number of carbonyl (C=O) groups excluding carboxylic acids is 1. The Bertz CT molecular complexity index is 785. The number of carbonyl (C=O) groups is 1. The summed E-state index contributed by atoms with van der Waals surface area (Å²) < 4.78 is 5.76. The van der Waals surface area contributed by atoms with Gasteiger partial charge < -0.3 is 15.0 Å². The summed E-state index contributed by atoms with van der Waals surface area (Å²) in [5.41, 5.74) is 5.51. The van der Waals surface area contributed by atoms with Crippen LogP contribution in [0.2, 0.25) is 0 Å². The van der Waals surface area contributed by atoms with Gasteiger partial charge in [0.25, 0.3) is 0 Å². The molecule has 1 aromatic heterocycles. The lowest BCUT2D eigenvalue weighted by Crippen LogP contribution is -2.43. The average molecular weight is 367 g/mol. The minimum absolute atomic E-state index is 0.0630. The van der Waals surface area contributed by atoms with E-state index in [1.54, 1.807) is 0 Å². The molecule has 1 atom stereocenters. The van der Waals surface area contributed by atoms with Crippen molar-refractivity contribution in [3.8, 4) is 0 Å². The Morgan fingerprint density at radius 1 is 1.30 bits per heavy atom. The fourth-order valence-electron chi connectivity index (χ4n) is 3.48. The van der Waals surface area contributed by atoms with E-state index in [2.05, 4.69) is 35.4 Å². The highest BCUT2D eigenvalue weighted by Crippen LogP contribution is 2.16. The molecule has 1 aromatic carbocycles. The van der Waals surface area contributed by atoms with Crippen LogP contribution in [0.3, 0.4) is 0 Å². The quantitative estimate of drug-likeness (QED) is 0.842. The number of nitrogens with zero attached hydrogens (tertiary/aromatic N) is 2. The van der Waals surface area contributed by atoms with Gasteiger partial charge in [-0.05, 0) is 56.4 Å². The molecule has 0 saturated carbocycles. The molecule has 144 valence electrons. The molecule has 1 aliphatic heterocycles. The topological polar surface area (TPSA) is 54.5 Å². The molecule has 1 saturated heterocycles. The molecule has 2 heterocycles. The fourth-order valence-corrected chi connectivity index (χ4v) is 3.48. The third-order valence-corrected chi connectivity index (χ3v) is 4.98. The number of aryl methyl sites for hydroxylation is 3. The second-order valence-corrected chi connectivity index (χ2v) is 7.42. The summed E-state index contributed by atoms with van der Waals surface area (Å²) in [6.07, 6.45) is 4.05. The number of nitrogens with one attached hydrogen (secondary N) is 1. The number of ether oxygens (including phenoxy) is 1. The first-order valence-corrected chi connectivity index (χ1v) is 9.63. The van der Waals surface area contributed by atoms with Gasteiger partial charge in [0.05, 0.1) is 6.10 Å². The summed E-state index contributed by atoms with van der Waals surface area (Å²) in [6, 6.07) is 10.3. The number of hydrogen-bond acceptors (Lipinski definition) is 3. The maximum atomic E-state index is 12.9. The van der Waals surface area contributed by atoms with Crippen LogP contribution in [0.4, 0.5) is 4.79 Å². The third-order valence-electron chi connectivity index (χ3n) is 4.98. The molecular weight excluding hydrogens is 338 g/mol. The van der Waals surface area contributed by atoms with Crippen molar-refractivity contribution >= 4 is 6.03 Å². The van der Waals surface area contributed by atoms with Crippen LogP contribution in [-0.2, 0) is 17.8 Å². The van der Waals surface area contributed by atoms with Gasteiger partial charge in [-0.2, -0.15) is 0 Å². The number of urea groups is 1. The lowest BCUT2D eigenvalue weighted by molar-refractivity contribution is 0.0794. The molecule has 0 spiro atoms. The molecule has 1 N–H and O–H groups in total. The highest BCUT2D eigenvalue weighted by molar-refractivity contribution is 5.74. The van der Waals surface area contributed by atoms with Crippen LogP contribution in [-0.4, -0.2) is 35.2 Å². The minimum atomic E-state index is -0.0630. The summed E-state index contributed by atoms with van der Waals surface area (Å²) >= 11 is 0. The van der Waals surface area contributed by atoms with Gasteiger partial charge in [0, 0.05) is 38.1 Å². The van der Waals surface area contributed by atoms with E-state index >= 15 is 0 Å². The Kier molecular flexibility index (Phi) is 6.45.